The number of H-pyrrole nitrogens is 1. The number of hydrogen-bond acceptors (Lipinski definition) is 17. The highest BCUT2D eigenvalue weighted by Gasteiger charge is 2.46. The van der Waals surface area contributed by atoms with Gasteiger partial charge in [0.15, 0.2) is 6.04 Å². The predicted molar refractivity (Wildman–Crippen MR) is 257 cm³/mol. The third-order valence-electron chi connectivity index (χ3n) is 13.1. The molecule has 1 aromatic heterocycles. The summed E-state index contributed by atoms with van der Waals surface area (Å²) < 4.78 is 20.8. The molecule has 2 aromatic rings. The molecule has 28 nitrogen and oxygen atoms in total. The lowest BCUT2D eigenvalue weighted by molar-refractivity contribution is -0.143. The first-order valence-corrected chi connectivity index (χ1v) is 25.3. The number of fused-ring (bicyclic) bond motifs is 5. The molecular formula is C45H62N12O16S. The van der Waals surface area contributed by atoms with Crippen molar-refractivity contribution in [3.63, 3.8) is 0 Å². The van der Waals surface area contributed by atoms with Crippen molar-refractivity contribution in [2.45, 2.75) is 126 Å². The number of carboxylic acid groups (broad SMARTS) is 1. The fourth-order valence-electron chi connectivity index (χ4n) is 8.68. The largest absolute Gasteiger partial charge is 0.610 e. The molecule has 1 fully saturated rings. The average Bonchev–Trinajstić information content (AvgIpc) is 3.94. The number of aromatic nitrogens is 1. The van der Waals surface area contributed by atoms with Crippen LogP contribution < -0.4 is 42.0 Å². The smallest absolute Gasteiger partial charge is 0.303 e. The molecule has 12 N–H and O–H groups in total. The normalized spacial score (nSPS) is 26.1. The number of ether oxygens (including phenoxy) is 1. The van der Waals surface area contributed by atoms with Gasteiger partial charge >= 0.3 is 5.97 Å². The molecule has 0 aliphatic carbocycles. The molecule has 3 aliphatic rings. The highest BCUT2D eigenvalue weighted by molar-refractivity contribution is 7.91. The van der Waals surface area contributed by atoms with Crippen LogP contribution in [-0.2, 0) is 65.5 Å². The highest BCUT2D eigenvalue weighted by Crippen LogP contribution is 2.32. The number of nitrogens with one attached hydrogen (secondary N) is 9. The molecule has 3 aliphatic heterocycles. The molecule has 404 valence electrons. The summed E-state index contributed by atoms with van der Waals surface area (Å²) in [5.74, 6) is -13.1. The average molecular weight is 1060 g/mol. The zero-order chi connectivity index (χ0) is 54.4. The van der Waals surface area contributed by atoms with Crippen molar-refractivity contribution in [1.82, 2.24) is 47.1 Å². The number of aromatic amines is 1. The number of nitrogens with zero attached hydrogens (tertiary/aromatic N) is 3. The van der Waals surface area contributed by atoms with E-state index < -0.39 is 182 Å². The standard InChI is InChI=1S/C45H62N12O16S/c1-4-21(2)37-42(68)48-16-34(61)49-31-20-74(72)44-26(25-10-9-24(13-27(25)52-44)73-11-7-5-6-8-36(63)64)14-28(39(65)47-17-35(62)53-37)50-43(69)38(22(3)30(19-58)56-71)54-41(67)32-12-23(59)18-57(32)45(70)29(51-40(31)66)15-33(60)55-46/h9-10,13,21-23,28-32,37-38,46,52,58-59H,4-8,11-12,14-20H2,1-3H3,(H,47,65)(H,48,68)(H,49,61)(H,50,69)(H,51,66)(H,53,62)(H,54,67)(H,63,64)/t21-,22-,23+,28?,29?,30?,31?,32-,37-,38-,74+/m0/s1. The molecule has 0 spiro atoms. The summed E-state index contributed by atoms with van der Waals surface area (Å²) >= 11 is -2.44. The molecule has 74 heavy (non-hydrogen) atoms. The van der Waals surface area contributed by atoms with Gasteiger partial charge in [-0.15, -0.1) is 5.11 Å². The summed E-state index contributed by atoms with van der Waals surface area (Å²) in [4.78, 5) is 153. The number of aliphatic hydroxyl groups is 2. The Hall–Kier alpha value is -7.11. The van der Waals surface area contributed by atoms with E-state index in [9.17, 15) is 67.6 Å². The van der Waals surface area contributed by atoms with Gasteiger partial charge in [-0.05, 0) is 37.3 Å². The van der Waals surface area contributed by atoms with Crippen molar-refractivity contribution < 1.29 is 72.6 Å². The molecule has 4 heterocycles. The number of nitroso groups, excluding NO2 is 1. The minimum absolute atomic E-state index is 0.0244. The van der Waals surface area contributed by atoms with Crippen LogP contribution in [0.25, 0.3) is 10.9 Å². The summed E-state index contributed by atoms with van der Waals surface area (Å²) in [5, 5.41) is 52.8. The number of unbranched alkanes of at least 4 members (excludes halogenated alkanes) is 2. The first-order valence-electron chi connectivity index (χ1n) is 23.9. The summed E-state index contributed by atoms with van der Waals surface area (Å²) in [5.41, 5.74) is 7.62. The second-order valence-electron chi connectivity index (χ2n) is 18.3. The van der Waals surface area contributed by atoms with Crippen LogP contribution >= 0.6 is 0 Å². The van der Waals surface area contributed by atoms with Crippen molar-refractivity contribution in [3.8, 4) is 5.75 Å². The van der Waals surface area contributed by atoms with Gasteiger partial charge in [-0.3, -0.25) is 47.9 Å². The van der Waals surface area contributed by atoms with Crippen molar-refractivity contribution >= 4 is 81.2 Å². The second kappa shape index (κ2) is 26.7. The summed E-state index contributed by atoms with van der Waals surface area (Å²) in [7, 11) is 0. The van der Waals surface area contributed by atoms with Gasteiger partial charge in [-0.25, -0.2) is 5.53 Å². The van der Waals surface area contributed by atoms with Gasteiger partial charge in [-0.1, -0.05) is 32.4 Å². The Morgan fingerprint density at radius 1 is 0.892 bits per heavy atom. The molecule has 9 amide bonds. The lowest BCUT2D eigenvalue weighted by Gasteiger charge is -2.32. The Morgan fingerprint density at radius 2 is 1.59 bits per heavy atom. The van der Waals surface area contributed by atoms with E-state index in [4.69, 9.17) is 15.4 Å². The molecule has 29 heteroatoms. The van der Waals surface area contributed by atoms with Crippen LogP contribution in [0.5, 0.6) is 5.75 Å². The maximum absolute atomic E-state index is 14.9. The Labute approximate surface area is 426 Å². The lowest BCUT2D eigenvalue weighted by atomic mass is 9.92. The summed E-state index contributed by atoms with van der Waals surface area (Å²) in [6.45, 7) is 1.72. The summed E-state index contributed by atoms with van der Waals surface area (Å²) in [6, 6.07) is -7.35. The van der Waals surface area contributed by atoms with E-state index in [2.05, 4.69) is 52.5 Å². The Kier molecular flexibility index (Phi) is 20.9. The number of carboxylic acids is 1. The van der Waals surface area contributed by atoms with E-state index in [0.717, 1.165) is 4.90 Å². The number of aliphatic hydroxyl groups excluding tert-OH is 2. The van der Waals surface area contributed by atoms with Gasteiger partial charge in [-0.2, -0.15) is 4.91 Å². The minimum atomic E-state index is -2.44. The van der Waals surface area contributed by atoms with E-state index in [1.54, 1.807) is 13.8 Å². The number of benzene rings is 1. The number of aliphatic carboxylic acids is 1. The number of carbonyl (C=O) groups excluding carboxylic acids is 9. The quantitative estimate of drug-likeness (QED) is 0.0372. The van der Waals surface area contributed by atoms with Gasteiger partial charge in [0.25, 0.3) is 5.91 Å². The first kappa shape index (κ1) is 57.8. The molecular weight excluding hydrogens is 997 g/mol. The van der Waals surface area contributed by atoms with Crippen LogP contribution in [0.15, 0.2) is 33.5 Å². The molecule has 1 aromatic carbocycles. The topological polar surface area (TPSA) is 433 Å². The van der Waals surface area contributed by atoms with Crippen LogP contribution in [0.4, 0.5) is 0 Å². The fourth-order valence-corrected chi connectivity index (χ4v) is 10.1. The monoisotopic (exact) mass is 1060 g/mol. The zero-order valence-corrected chi connectivity index (χ0v) is 41.6. The Morgan fingerprint density at radius 3 is 2.26 bits per heavy atom. The maximum Gasteiger partial charge on any atom is 0.303 e. The molecule has 0 saturated carbocycles. The van der Waals surface area contributed by atoms with Crippen LogP contribution in [0.2, 0.25) is 0 Å². The van der Waals surface area contributed by atoms with Crippen molar-refractivity contribution in [2.24, 2.45) is 22.1 Å². The fraction of sp³-hybridized carbons (Fsp3) is 0.600. The molecule has 1 saturated heterocycles. The van der Waals surface area contributed by atoms with Crippen molar-refractivity contribution in [3.05, 3.63) is 28.7 Å². The van der Waals surface area contributed by atoms with Gasteiger partial charge in [0.2, 0.25) is 52.3 Å². The number of carbonyl (C=O) groups is 10. The zero-order valence-electron chi connectivity index (χ0n) is 40.8. The van der Waals surface area contributed by atoms with Crippen LogP contribution in [0.1, 0.15) is 71.3 Å². The minimum Gasteiger partial charge on any atom is -0.610 e. The van der Waals surface area contributed by atoms with E-state index in [0.29, 0.717) is 31.4 Å². The van der Waals surface area contributed by atoms with Crippen molar-refractivity contribution in [2.75, 3.05) is 38.6 Å². The van der Waals surface area contributed by atoms with Crippen molar-refractivity contribution in [1.29, 1.82) is 5.53 Å². The number of amides is 9. The van der Waals surface area contributed by atoms with E-state index in [1.165, 1.54) is 25.1 Å². The molecule has 4 unspecified atom stereocenters. The third kappa shape index (κ3) is 15.0. The SMILES string of the molecule is CC[C@H](C)[C@@H]1NC(=O)CNC(=O)C2Cc3c([nH]c4cc(OCCCCCC(=O)O)ccc34)[S@+]([O-])CC(NC(=O)CNC1=O)C(=O)NC(CC(=O)N=N)C(=O)N1C[C@H](O)C[C@H]1C(=O)N[C@@H]([C@@H](C)C(CO)N=O)C(=O)N2. The van der Waals surface area contributed by atoms with Crippen LogP contribution in [-0.4, -0.2) is 176 Å². The molecule has 2 bridgehead atoms. The maximum atomic E-state index is 14.9. The van der Waals surface area contributed by atoms with E-state index in [1.807, 2.05) is 0 Å². The second-order valence-corrected chi connectivity index (χ2v) is 19.8. The predicted octanol–water partition coefficient (Wildman–Crippen LogP) is -2.76. The van der Waals surface area contributed by atoms with Crippen LogP contribution in [0, 0.1) is 22.3 Å². The van der Waals surface area contributed by atoms with Gasteiger partial charge < -0.3 is 71.7 Å². The van der Waals surface area contributed by atoms with Crippen LogP contribution in [0.3, 0.4) is 0 Å². The Bertz CT molecular complexity index is 2480. The third-order valence-corrected chi connectivity index (χ3v) is 14.5. The van der Waals surface area contributed by atoms with Gasteiger partial charge in [0.05, 0.1) is 44.3 Å². The van der Waals surface area contributed by atoms with Gasteiger partial charge in [0, 0.05) is 59.9 Å². The lowest BCUT2D eigenvalue weighted by Crippen LogP contribution is -2.62. The number of rotatable bonds is 15. The van der Waals surface area contributed by atoms with E-state index >= 15 is 0 Å². The number of hydrogen-bond donors (Lipinski definition) is 12. The molecule has 11 atom stereocenters. The molecule has 5 rings (SSSR count). The summed E-state index contributed by atoms with van der Waals surface area (Å²) in [6.07, 6.45) is -1.66. The first-order chi connectivity index (χ1) is 35.2. The molecule has 0 radical (unpaired) electrons. The van der Waals surface area contributed by atoms with E-state index in [-0.39, 0.29) is 34.5 Å². The van der Waals surface area contributed by atoms with Gasteiger partial charge in [0.1, 0.15) is 47.8 Å². The Balaban J connectivity index is 1.73. The highest BCUT2D eigenvalue weighted by atomic mass is 32.2.